The second-order valence-corrected chi connectivity index (χ2v) is 5.63. The molecule has 2 N–H and O–H groups in total. The van der Waals surface area contributed by atoms with Gasteiger partial charge < -0.3 is 20.1 Å². The molecule has 24 heavy (non-hydrogen) atoms. The maximum absolute atomic E-state index is 5.62. The predicted octanol–water partition coefficient (Wildman–Crippen LogP) is 3.09. The van der Waals surface area contributed by atoms with E-state index in [-0.39, 0.29) is 0 Å². The van der Waals surface area contributed by atoms with Crippen molar-refractivity contribution in [1.29, 1.82) is 0 Å². The summed E-state index contributed by atoms with van der Waals surface area (Å²) in [7, 11) is 1.80. The van der Waals surface area contributed by atoms with Gasteiger partial charge in [-0.3, -0.25) is 4.99 Å². The maximum Gasteiger partial charge on any atom is 0.191 e. The van der Waals surface area contributed by atoms with Crippen LogP contribution < -0.4 is 10.6 Å². The van der Waals surface area contributed by atoms with Crippen molar-refractivity contribution in [3.8, 4) is 0 Å². The van der Waals surface area contributed by atoms with E-state index in [2.05, 4.69) is 46.8 Å². The number of nitrogens with zero attached hydrogens (tertiary/aromatic N) is 1. The van der Waals surface area contributed by atoms with E-state index in [1.54, 1.807) is 7.05 Å². The largest absolute Gasteiger partial charge is 0.379 e. The Kier molecular flexibility index (Phi) is 11.8. The molecular weight excluding hydrogens is 302 g/mol. The molecule has 0 heterocycles. The maximum atomic E-state index is 5.62. The van der Waals surface area contributed by atoms with E-state index in [4.69, 9.17) is 9.47 Å². The Balaban J connectivity index is 2.32. The number of hydrogen-bond acceptors (Lipinski definition) is 3. The van der Waals surface area contributed by atoms with Crippen LogP contribution in [-0.2, 0) is 22.6 Å². The Bertz CT molecular complexity index is 464. The average Bonchev–Trinajstić information content (AvgIpc) is 2.61. The number of hydrogen-bond donors (Lipinski definition) is 2. The molecule has 5 heteroatoms. The summed E-state index contributed by atoms with van der Waals surface area (Å²) in [6.07, 6.45) is 3.65. The summed E-state index contributed by atoms with van der Waals surface area (Å²) in [4.78, 5) is 4.26. The fraction of sp³-hybridized carbons (Fsp3) is 0.632. The first-order chi connectivity index (χ1) is 11.8. The quantitative estimate of drug-likeness (QED) is 0.350. The first-order valence-electron chi connectivity index (χ1n) is 8.98. The summed E-state index contributed by atoms with van der Waals surface area (Å²) in [5, 5.41) is 6.70. The molecular formula is C19H33N3O2. The van der Waals surface area contributed by atoms with Crippen molar-refractivity contribution in [3.63, 3.8) is 0 Å². The third-order valence-corrected chi connectivity index (χ3v) is 3.59. The molecule has 0 saturated heterocycles. The lowest BCUT2D eigenvalue weighted by Gasteiger charge is -2.12. The SMILES string of the molecule is CCCCCNC(=NC)NCc1cccc(COCCOCC)c1. The third kappa shape index (κ3) is 9.53. The van der Waals surface area contributed by atoms with Gasteiger partial charge in [-0.1, -0.05) is 44.0 Å². The number of rotatable bonds is 12. The standard InChI is InChI=1S/C19H33N3O2/c1-4-6-7-11-21-19(20-3)22-15-17-9-8-10-18(14-17)16-24-13-12-23-5-2/h8-10,14H,4-7,11-13,15-16H2,1-3H3,(H2,20,21,22). The second kappa shape index (κ2) is 13.8. The zero-order valence-corrected chi connectivity index (χ0v) is 15.4. The van der Waals surface area contributed by atoms with Gasteiger partial charge in [-0.2, -0.15) is 0 Å². The van der Waals surface area contributed by atoms with E-state index in [0.717, 1.165) is 25.7 Å². The van der Waals surface area contributed by atoms with Gasteiger partial charge in [-0.15, -0.1) is 0 Å². The fourth-order valence-corrected chi connectivity index (χ4v) is 2.27. The topological polar surface area (TPSA) is 54.9 Å². The van der Waals surface area contributed by atoms with Crippen molar-refractivity contribution in [2.75, 3.05) is 33.4 Å². The summed E-state index contributed by atoms with van der Waals surface area (Å²) in [6, 6.07) is 8.43. The summed E-state index contributed by atoms with van der Waals surface area (Å²) in [6.45, 7) is 8.54. The number of unbranched alkanes of at least 4 members (excludes halogenated alkanes) is 2. The average molecular weight is 335 g/mol. The molecule has 1 aromatic carbocycles. The van der Waals surface area contributed by atoms with Gasteiger partial charge in [0.15, 0.2) is 5.96 Å². The van der Waals surface area contributed by atoms with Crippen LogP contribution in [0.25, 0.3) is 0 Å². The number of nitrogens with one attached hydrogen (secondary N) is 2. The van der Waals surface area contributed by atoms with Gasteiger partial charge in [-0.05, 0) is 24.5 Å². The van der Waals surface area contributed by atoms with Crippen LogP contribution in [0.1, 0.15) is 44.2 Å². The van der Waals surface area contributed by atoms with Gasteiger partial charge in [0.1, 0.15) is 0 Å². The highest BCUT2D eigenvalue weighted by Crippen LogP contribution is 2.06. The molecule has 0 radical (unpaired) electrons. The van der Waals surface area contributed by atoms with Crippen LogP contribution in [0.15, 0.2) is 29.3 Å². The van der Waals surface area contributed by atoms with Gasteiger partial charge in [0.2, 0.25) is 0 Å². The second-order valence-electron chi connectivity index (χ2n) is 5.63. The Hall–Kier alpha value is -1.59. The predicted molar refractivity (Wildman–Crippen MR) is 100 cm³/mol. The molecule has 0 unspecified atom stereocenters. The third-order valence-electron chi connectivity index (χ3n) is 3.59. The van der Waals surface area contributed by atoms with E-state index in [1.807, 2.05) is 6.92 Å². The Labute approximate surface area is 146 Å². The van der Waals surface area contributed by atoms with Crippen molar-refractivity contribution < 1.29 is 9.47 Å². The van der Waals surface area contributed by atoms with E-state index in [1.165, 1.54) is 30.4 Å². The Morgan fingerprint density at radius 1 is 1.04 bits per heavy atom. The van der Waals surface area contributed by atoms with Crippen LogP contribution >= 0.6 is 0 Å². The minimum Gasteiger partial charge on any atom is -0.379 e. The summed E-state index contributed by atoms with van der Waals surface area (Å²) < 4.78 is 10.9. The molecule has 0 amide bonds. The van der Waals surface area contributed by atoms with E-state index >= 15 is 0 Å². The highest BCUT2D eigenvalue weighted by atomic mass is 16.5. The van der Waals surface area contributed by atoms with Gasteiger partial charge in [0, 0.05) is 26.7 Å². The smallest absolute Gasteiger partial charge is 0.191 e. The van der Waals surface area contributed by atoms with Crippen LogP contribution in [0.3, 0.4) is 0 Å². The zero-order valence-electron chi connectivity index (χ0n) is 15.4. The van der Waals surface area contributed by atoms with Crippen molar-refractivity contribution in [1.82, 2.24) is 10.6 Å². The number of aliphatic imine (C=N–C) groups is 1. The van der Waals surface area contributed by atoms with Crippen LogP contribution in [0.4, 0.5) is 0 Å². The fourth-order valence-electron chi connectivity index (χ4n) is 2.27. The van der Waals surface area contributed by atoms with E-state index in [9.17, 15) is 0 Å². The zero-order chi connectivity index (χ0) is 17.5. The van der Waals surface area contributed by atoms with Crippen molar-refractivity contribution in [2.45, 2.75) is 46.3 Å². The summed E-state index contributed by atoms with van der Waals surface area (Å²) in [5.41, 5.74) is 2.40. The van der Waals surface area contributed by atoms with Gasteiger partial charge in [0.25, 0.3) is 0 Å². The van der Waals surface area contributed by atoms with Crippen LogP contribution in [0.5, 0.6) is 0 Å². The molecule has 0 saturated carbocycles. The normalized spacial score (nSPS) is 11.5. The van der Waals surface area contributed by atoms with Gasteiger partial charge in [-0.25, -0.2) is 0 Å². The number of guanidine groups is 1. The Morgan fingerprint density at radius 3 is 2.58 bits per heavy atom. The number of benzene rings is 1. The molecule has 0 aliphatic rings. The first-order valence-corrected chi connectivity index (χ1v) is 8.98. The molecule has 0 aliphatic carbocycles. The minimum absolute atomic E-state index is 0.616. The van der Waals surface area contributed by atoms with Crippen LogP contribution in [0, 0.1) is 0 Å². The molecule has 0 fully saturated rings. The highest BCUT2D eigenvalue weighted by molar-refractivity contribution is 5.79. The van der Waals surface area contributed by atoms with Crippen LogP contribution in [0.2, 0.25) is 0 Å². The monoisotopic (exact) mass is 335 g/mol. The van der Waals surface area contributed by atoms with Crippen molar-refractivity contribution >= 4 is 5.96 Å². The first kappa shape index (κ1) is 20.5. The summed E-state index contributed by atoms with van der Waals surface area (Å²) >= 11 is 0. The highest BCUT2D eigenvalue weighted by Gasteiger charge is 2.00. The lowest BCUT2D eigenvalue weighted by molar-refractivity contribution is 0.0453. The molecule has 0 aromatic heterocycles. The van der Waals surface area contributed by atoms with Crippen LogP contribution in [-0.4, -0.2) is 39.4 Å². The van der Waals surface area contributed by atoms with Crippen molar-refractivity contribution in [2.24, 2.45) is 4.99 Å². The molecule has 136 valence electrons. The molecule has 1 aromatic rings. The van der Waals surface area contributed by atoms with E-state index in [0.29, 0.717) is 19.8 Å². The molecule has 0 bridgehead atoms. The number of ether oxygens (including phenoxy) is 2. The van der Waals surface area contributed by atoms with Gasteiger partial charge >= 0.3 is 0 Å². The van der Waals surface area contributed by atoms with Gasteiger partial charge in [0.05, 0.1) is 19.8 Å². The Morgan fingerprint density at radius 2 is 1.83 bits per heavy atom. The molecule has 0 atom stereocenters. The minimum atomic E-state index is 0.616. The van der Waals surface area contributed by atoms with E-state index < -0.39 is 0 Å². The lowest BCUT2D eigenvalue weighted by atomic mass is 10.1. The molecule has 0 spiro atoms. The molecule has 5 nitrogen and oxygen atoms in total. The lowest BCUT2D eigenvalue weighted by Crippen LogP contribution is -2.37. The molecule has 0 aliphatic heterocycles. The molecule has 1 rings (SSSR count). The summed E-state index contributed by atoms with van der Waals surface area (Å²) in [5.74, 6) is 0.851. The van der Waals surface area contributed by atoms with Crippen molar-refractivity contribution in [3.05, 3.63) is 35.4 Å².